The number of carbonyl (C=O) groups excluding carboxylic acids is 3. The molecule has 3 amide bonds. The largest absolute Gasteiger partial charge is 0.388 e. The number of benzene rings is 1. The van der Waals surface area contributed by atoms with Crippen LogP contribution in [0.15, 0.2) is 18.2 Å². The first-order chi connectivity index (χ1) is 15.3. The van der Waals surface area contributed by atoms with E-state index in [0.717, 1.165) is 32.3 Å². The van der Waals surface area contributed by atoms with Crippen molar-refractivity contribution in [1.29, 1.82) is 0 Å². The van der Waals surface area contributed by atoms with Crippen LogP contribution in [-0.2, 0) is 14.4 Å². The van der Waals surface area contributed by atoms with Crippen LogP contribution in [0.2, 0.25) is 0 Å². The number of rotatable bonds is 6. The van der Waals surface area contributed by atoms with Crippen molar-refractivity contribution in [3.05, 3.63) is 29.6 Å². The van der Waals surface area contributed by atoms with Crippen molar-refractivity contribution in [3.8, 4) is 0 Å². The predicted molar refractivity (Wildman–Crippen MR) is 116 cm³/mol. The van der Waals surface area contributed by atoms with Crippen molar-refractivity contribution in [1.82, 2.24) is 15.1 Å². The standard InChI is InChI=1S/C23H31FN4O4/c24-19-13-17(25-20-3-4-21(30)26-22(20)31)1-2-18(19)16-5-9-27(10-6-16)14-23(32)7-11-28(15-29)12-8-23/h1-2,13,15-16,20,25,32H,3-12,14H2,(H,26,30,31). The van der Waals surface area contributed by atoms with Gasteiger partial charge >= 0.3 is 0 Å². The first kappa shape index (κ1) is 22.7. The molecule has 3 aliphatic heterocycles. The maximum Gasteiger partial charge on any atom is 0.249 e. The summed E-state index contributed by atoms with van der Waals surface area (Å²) >= 11 is 0. The number of aliphatic hydroxyl groups is 1. The monoisotopic (exact) mass is 446 g/mol. The Hall–Kier alpha value is -2.52. The van der Waals surface area contributed by atoms with Gasteiger partial charge in [-0.15, -0.1) is 0 Å². The van der Waals surface area contributed by atoms with E-state index in [0.29, 0.717) is 50.1 Å². The van der Waals surface area contributed by atoms with Crippen molar-refractivity contribution in [2.45, 2.75) is 56.1 Å². The third-order valence-corrected chi connectivity index (χ3v) is 7.00. The maximum atomic E-state index is 14.9. The highest BCUT2D eigenvalue weighted by Gasteiger charge is 2.35. The van der Waals surface area contributed by atoms with Crippen LogP contribution in [0, 0.1) is 5.82 Å². The van der Waals surface area contributed by atoms with Crippen LogP contribution in [0.25, 0.3) is 0 Å². The van der Waals surface area contributed by atoms with E-state index in [1.54, 1.807) is 17.0 Å². The normalized spacial score (nSPS) is 24.8. The van der Waals surface area contributed by atoms with E-state index in [4.69, 9.17) is 0 Å². The van der Waals surface area contributed by atoms with Gasteiger partial charge in [0.15, 0.2) is 0 Å². The predicted octanol–water partition coefficient (Wildman–Crippen LogP) is 1.21. The Labute approximate surface area is 187 Å². The molecule has 0 radical (unpaired) electrons. The lowest BCUT2D eigenvalue weighted by Gasteiger charge is -2.42. The maximum absolute atomic E-state index is 14.9. The summed E-state index contributed by atoms with van der Waals surface area (Å²) in [6.45, 7) is 3.34. The molecule has 3 heterocycles. The molecule has 0 bridgehead atoms. The summed E-state index contributed by atoms with van der Waals surface area (Å²) in [6.07, 6.45) is 4.30. The zero-order chi connectivity index (χ0) is 22.7. The van der Waals surface area contributed by atoms with Crippen molar-refractivity contribution < 1.29 is 23.9 Å². The number of likely N-dealkylation sites (tertiary alicyclic amines) is 2. The Bertz CT molecular complexity index is 864. The number of anilines is 1. The highest BCUT2D eigenvalue weighted by molar-refractivity contribution is 6.01. The second kappa shape index (κ2) is 9.54. The van der Waals surface area contributed by atoms with E-state index in [9.17, 15) is 23.9 Å². The molecule has 1 aromatic carbocycles. The number of amides is 3. The Balaban J connectivity index is 1.29. The van der Waals surface area contributed by atoms with E-state index < -0.39 is 11.6 Å². The van der Waals surface area contributed by atoms with Crippen LogP contribution in [0.3, 0.4) is 0 Å². The number of nitrogens with zero attached hydrogens (tertiary/aromatic N) is 2. The van der Waals surface area contributed by atoms with Crippen LogP contribution in [0.1, 0.15) is 50.0 Å². The molecule has 1 unspecified atom stereocenters. The number of β-amino-alcohol motifs (C(OH)–C–C–N with tert-alkyl or cyclic N) is 1. The highest BCUT2D eigenvalue weighted by Crippen LogP contribution is 2.33. The van der Waals surface area contributed by atoms with Gasteiger partial charge < -0.3 is 20.2 Å². The third kappa shape index (κ3) is 5.27. The molecule has 0 aliphatic carbocycles. The smallest absolute Gasteiger partial charge is 0.249 e. The first-order valence-electron chi connectivity index (χ1n) is 11.4. The number of carbonyl (C=O) groups is 3. The molecule has 174 valence electrons. The van der Waals surface area contributed by atoms with Gasteiger partial charge in [0.1, 0.15) is 11.9 Å². The van der Waals surface area contributed by atoms with E-state index >= 15 is 0 Å². The fourth-order valence-electron chi connectivity index (χ4n) is 5.00. The number of nitrogens with one attached hydrogen (secondary N) is 2. The van der Waals surface area contributed by atoms with Crippen LogP contribution in [-0.4, -0.2) is 77.5 Å². The van der Waals surface area contributed by atoms with Gasteiger partial charge in [0.05, 0.1) is 5.60 Å². The summed E-state index contributed by atoms with van der Waals surface area (Å²) in [5.74, 6) is -0.834. The Morgan fingerprint density at radius 1 is 1.16 bits per heavy atom. The Kier molecular flexibility index (Phi) is 6.76. The number of imide groups is 1. The molecule has 3 aliphatic rings. The number of piperidine rings is 3. The van der Waals surface area contributed by atoms with Crippen LogP contribution in [0.4, 0.5) is 10.1 Å². The molecule has 1 atom stereocenters. The van der Waals surface area contributed by atoms with Crippen molar-refractivity contribution in [3.63, 3.8) is 0 Å². The molecule has 3 fully saturated rings. The van der Waals surface area contributed by atoms with Gasteiger partial charge in [-0.25, -0.2) is 4.39 Å². The molecular formula is C23H31FN4O4. The van der Waals surface area contributed by atoms with Crippen molar-refractivity contribution in [2.24, 2.45) is 0 Å². The first-order valence-corrected chi connectivity index (χ1v) is 11.4. The third-order valence-electron chi connectivity index (χ3n) is 7.00. The molecule has 8 nitrogen and oxygen atoms in total. The summed E-state index contributed by atoms with van der Waals surface area (Å²) in [5.41, 5.74) is 0.444. The van der Waals surface area contributed by atoms with Gasteiger partial charge in [0.2, 0.25) is 18.2 Å². The molecule has 3 saturated heterocycles. The molecular weight excluding hydrogens is 415 g/mol. The minimum atomic E-state index is -0.763. The summed E-state index contributed by atoms with van der Waals surface area (Å²) in [6, 6.07) is 4.46. The molecule has 4 rings (SSSR count). The SMILES string of the molecule is O=CN1CCC(O)(CN2CCC(c3ccc(NC4CCC(=O)NC4=O)cc3F)CC2)CC1. The highest BCUT2D eigenvalue weighted by atomic mass is 19.1. The average Bonchev–Trinajstić information content (AvgIpc) is 2.77. The average molecular weight is 447 g/mol. The molecule has 3 N–H and O–H groups in total. The van der Waals surface area contributed by atoms with Gasteiger partial charge in [0.25, 0.3) is 0 Å². The fourth-order valence-corrected chi connectivity index (χ4v) is 5.00. The summed E-state index contributed by atoms with van der Waals surface area (Å²) in [5, 5.41) is 16.2. The summed E-state index contributed by atoms with van der Waals surface area (Å²) in [4.78, 5) is 38.0. The summed E-state index contributed by atoms with van der Waals surface area (Å²) in [7, 11) is 0. The minimum absolute atomic E-state index is 0.113. The fraction of sp³-hybridized carbons (Fsp3) is 0.609. The zero-order valence-corrected chi connectivity index (χ0v) is 18.2. The van der Waals surface area contributed by atoms with E-state index in [2.05, 4.69) is 15.5 Å². The summed E-state index contributed by atoms with van der Waals surface area (Å²) < 4.78 is 14.9. The van der Waals surface area contributed by atoms with E-state index in [1.807, 2.05) is 0 Å². The number of hydrogen-bond acceptors (Lipinski definition) is 6. The second-order valence-corrected chi connectivity index (χ2v) is 9.30. The van der Waals surface area contributed by atoms with E-state index in [-0.39, 0.29) is 30.0 Å². The van der Waals surface area contributed by atoms with Crippen molar-refractivity contribution in [2.75, 3.05) is 38.0 Å². The lowest BCUT2D eigenvalue weighted by atomic mass is 9.86. The van der Waals surface area contributed by atoms with E-state index in [1.165, 1.54) is 6.07 Å². The lowest BCUT2D eigenvalue weighted by Crippen LogP contribution is -2.51. The van der Waals surface area contributed by atoms with Gasteiger partial charge in [-0.3, -0.25) is 19.7 Å². The lowest BCUT2D eigenvalue weighted by molar-refractivity contribution is -0.133. The van der Waals surface area contributed by atoms with Gasteiger partial charge in [0, 0.05) is 31.7 Å². The molecule has 0 spiro atoms. The molecule has 1 aromatic rings. The molecule has 9 heteroatoms. The van der Waals surface area contributed by atoms with Gasteiger partial charge in [-0.05, 0) is 68.8 Å². The topological polar surface area (TPSA) is 102 Å². The minimum Gasteiger partial charge on any atom is -0.388 e. The molecule has 0 saturated carbocycles. The van der Waals surface area contributed by atoms with Gasteiger partial charge in [-0.2, -0.15) is 0 Å². The number of hydrogen-bond donors (Lipinski definition) is 3. The molecule has 0 aromatic heterocycles. The Morgan fingerprint density at radius 2 is 1.88 bits per heavy atom. The van der Waals surface area contributed by atoms with Crippen molar-refractivity contribution >= 4 is 23.9 Å². The van der Waals surface area contributed by atoms with Crippen LogP contribution >= 0.6 is 0 Å². The zero-order valence-electron chi connectivity index (χ0n) is 18.2. The second-order valence-electron chi connectivity index (χ2n) is 9.30. The van der Waals surface area contributed by atoms with Crippen LogP contribution in [0.5, 0.6) is 0 Å². The number of halogens is 1. The van der Waals surface area contributed by atoms with Crippen LogP contribution < -0.4 is 10.6 Å². The van der Waals surface area contributed by atoms with Gasteiger partial charge in [-0.1, -0.05) is 6.07 Å². The quantitative estimate of drug-likeness (QED) is 0.449. The molecule has 32 heavy (non-hydrogen) atoms. The Morgan fingerprint density at radius 3 is 2.50 bits per heavy atom.